The number of hydrogen-bond acceptors (Lipinski definition) is 7. The number of aliphatic hydroxyl groups excluding tert-OH is 1. The molecule has 4 rings (SSSR count). The highest BCUT2D eigenvalue weighted by Gasteiger charge is 2.21. The number of amides is 2. The summed E-state index contributed by atoms with van der Waals surface area (Å²) in [6.45, 7) is 6.22. The van der Waals surface area contributed by atoms with Gasteiger partial charge in [0, 0.05) is 57.4 Å². The van der Waals surface area contributed by atoms with Gasteiger partial charge in [-0.1, -0.05) is 55.5 Å². The maximum absolute atomic E-state index is 13.7. The average Bonchev–Trinajstić information content (AvgIpc) is 3.09. The van der Waals surface area contributed by atoms with E-state index in [0.29, 0.717) is 65.2 Å². The van der Waals surface area contributed by atoms with Crippen molar-refractivity contribution in [2.75, 3.05) is 70.8 Å². The van der Waals surface area contributed by atoms with E-state index in [-0.39, 0.29) is 18.4 Å². The summed E-state index contributed by atoms with van der Waals surface area (Å²) in [6.07, 6.45) is 3.55. The number of piperazine rings is 1. The lowest BCUT2D eigenvalue weighted by atomic mass is 10.0. The van der Waals surface area contributed by atoms with Crippen LogP contribution in [-0.4, -0.2) is 92.3 Å². The SMILES string of the molecule is COc1cc(C(=O)N(C)c2ccccc2OCCC(C)CCC(=O)N2CCN(C)CC2)ccc1NC(=S)c1ccccc1CCCO. The van der Waals surface area contributed by atoms with Gasteiger partial charge < -0.3 is 34.6 Å². The molecule has 2 amide bonds. The standard InChI is InChI=1S/C37H48N4O5S/c1-27(15-18-35(43)41-22-20-39(2)21-23-41)19-25-46-33-14-8-7-13-32(33)40(3)37(44)29-16-17-31(34(26-29)45-4)38-36(47)30-12-6-5-10-28(30)11-9-24-42/h5-8,10,12-14,16-17,26-27,42H,9,11,15,18-25H2,1-4H3,(H,38,47). The first-order valence-corrected chi connectivity index (χ1v) is 16.8. The van der Waals surface area contributed by atoms with Crippen LogP contribution in [0.3, 0.4) is 0 Å². The van der Waals surface area contributed by atoms with Gasteiger partial charge in [-0.05, 0) is 74.5 Å². The second-order valence-electron chi connectivity index (χ2n) is 12.2. The molecule has 0 bridgehead atoms. The Morgan fingerprint density at radius 3 is 2.47 bits per heavy atom. The van der Waals surface area contributed by atoms with Gasteiger partial charge in [0.15, 0.2) is 0 Å². The number of methoxy groups -OCH3 is 1. The fourth-order valence-corrected chi connectivity index (χ4v) is 5.91. The first-order chi connectivity index (χ1) is 22.7. The predicted octanol–water partition coefficient (Wildman–Crippen LogP) is 5.64. The van der Waals surface area contributed by atoms with Gasteiger partial charge in [0.1, 0.15) is 16.5 Å². The minimum Gasteiger partial charge on any atom is -0.495 e. The zero-order valence-corrected chi connectivity index (χ0v) is 28.9. The summed E-state index contributed by atoms with van der Waals surface area (Å²) in [5.74, 6) is 1.47. The van der Waals surface area contributed by atoms with E-state index in [1.165, 1.54) is 0 Å². The van der Waals surface area contributed by atoms with Gasteiger partial charge in [-0.2, -0.15) is 0 Å². The quantitative estimate of drug-likeness (QED) is 0.202. The highest BCUT2D eigenvalue weighted by atomic mass is 32.1. The Balaban J connectivity index is 1.35. The first kappa shape index (κ1) is 35.9. The molecule has 0 radical (unpaired) electrons. The van der Waals surface area contributed by atoms with Gasteiger partial charge in [-0.3, -0.25) is 9.59 Å². The molecular weight excluding hydrogens is 612 g/mol. The van der Waals surface area contributed by atoms with Crippen LogP contribution in [0.15, 0.2) is 66.7 Å². The molecule has 252 valence electrons. The number of nitrogens with one attached hydrogen (secondary N) is 1. The number of nitrogens with zero attached hydrogens (tertiary/aromatic N) is 3. The summed E-state index contributed by atoms with van der Waals surface area (Å²) < 4.78 is 11.8. The van der Waals surface area contributed by atoms with Gasteiger partial charge in [0.25, 0.3) is 5.91 Å². The molecular formula is C37H48N4O5S. The molecule has 1 aliphatic heterocycles. The van der Waals surface area contributed by atoms with Crippen LogP contribution in [0.25, 0.3) is 0 Å². The molecule has 3 aromatic carbocycles. The Hall–Kier alpha value is -3.99. The lowest BCUT2D eigenvalue weighted by Crippen LogP contribution is -2.47. The number of aryl methyl sites for hydroxylation is 1. The molecule has 1 unspecified atom stereocenters. The number of aliphatic hydroxyl groups is 1. The number of likely N-dealkylation sites (N-methyl/N-ethyl adjacent to an activating group) is 1. The van der Waals surface area contributed by atoms with Crippen molar-refractivity contribution in [2.24, 2.45) is 5.92 Å². The van der Waals surface area contributed by atoms with E-state index in [1.54, 1.807) is 37.3 Å². The molecule has 1 saturated heterocycles. The normalized spacial score (nSPS) is 13.9. The summed E-state index contributed by atoms with van der Waals surface area (Å²) in [7, 11) is 5.38. The second-order valence-corrected chi connectivity index (χ2v) is 12.6. The van der Waals surface area contributed by atoms with Crippen LogP contribution in [0.5, 0.6) is 11.5 Å². The molecule has 3 aromatic rings. The minimum atomic E-state index is -0.210. The zero-order chi connectivity index (χ0) is 33.8. The average molecular weight is 661 g/mol. The van der Waals surface area contributed by atoms with Crippen molar-refractivity contribution in [1.82, 2.24) is 9.80 Å². The third-order valence-electron chi connectivity index (χ3n) is 8.67. The van der Waals surface area contributed by atoms with Crippen LogP contribution in [-0.2, 0) is 11.2 Å². The largest absolute Gasteiger partial charge is 0.495 e. The van der Waals surface area contributed by atoms with Crippen LogP contribution < -0.4 is 19.7 Å². The van der Waals surface area contributed by atoms with E-state index < -0.39 is 0 Å². The molecule has 47 heavy (non-hydrogen) atoms. The molecule has 1 atom stereocenters. The number of para-hydroxylation sites is 2. The number of benzene rings is 3. The van der Waals surface area contributed by atoms with Crippen molar-refractivity contribution in [1.29, 1.82) is 0 Å². The van der Waals surface area contributed by atoms with Crippen LogP contribution in [0.1, 0.15) is 54.1 Å². The number of carbonyl (C=O) groups is 2. The van der Waals surface area contributed by atoms with E-state index in [2.05, 4.69) is 24.2 Å². The number of rotatable bonds is 15. The zero-order valence-electron chi connectivity index (χ0n) is 28.0. The summed E-state index contributed by atoms with van der Waals surface area (Å²) >= 11 is 5.72. The van der Waals surface area contributed by atoms with Gasteiger partial charge >= 0.3 is 0 Å². The molecule has 10 heteroatoms. The molecule has 0 aliphatic carbocycles. The van der Waals surface area contributed by atoms with E-state index in [1.807, 2.05) is 53.4 Å². The molecule has 1 aliphatic rings. The van der Waals surface area contributed by atoms with Crippen molar-refractivity contribution in [3.63, 3.8) is 0 Å². The second kappa shape index (κ2) is 17.8. The van der Waals surface area contributed by atoms with E-state index in [9.17, 15) is 14.7 Å². The summed E-state index contributed by atoms with van der Waals surface area (Å²) in [6, 6.07) is 20.6. The molecule has 1 fully saturated rings. The highest BCUT2D eigenvalue weighted by molar-refractivity contribution is 7.81. The van der Waals surface area contributed by atoms with Crippen molar-refractivity contribution in [3.8, 4) is 11.5 Å². The smallest absolute Gasteiger partial charge is 0.258 e. The minimum absolute atomic E-state index is 0.114. The van der Waals surface area contributed by atoms with Crippen molar-refractivity contribution in [2.45, 2.75) is 39.0 Å². The van der Waals surface area contributed by atoms with Gasteiger partial charge in [-0.25, -0.2) is 0 Å². The molecule has 9 nitrogen and oxygen atoms in total. The Morgan fingerprint density at radius 1 is 1.00 bits per heavy atom. The van der Waals surface area contributed by atoms with Crippen LogP contribution in [0.2, 0.25) is 0 Å². The number of ether oxygens (including phenoxy) is 2. The Bertz CT molecular complexity index is 1510. The van der Waals surface area contributed by atoms with E-state index in [0.717, 1.165) is 50.1 Å². The third kappa shape index (κ3) is 10.00. The van der Waals surface area contributed by atoms with E-state index in [4.69, 9.17) is 21.7 Å². The van der Waals surface area contributed by atoms with Crippen LogP contribution >= 0.6 is 12.2 Å². The molecule has 0 aromatic heterocycles. The lowest BCUT2D eigenvalue weighted by Gasteiger charge is -2.32. The Morgan fingerprint density at radius 2 is 1.72 bits per heavy atom. The fraction of sp³-hybridized carbons (Fsp3) is 0.432. The maximum atomic E-state index is 13.7. The fourth-order valence-electron chi connectivity index (χ4n) is 5.60. The van der Waals surface area contributed by atoms with Crippen LogP contribution in [0.4, 0.5) is 11.4 Å². The van der Waals surface area contributed by atoms with Crippen molar-refractivity contribution >= 4 is 40.4 Å². The van der Waals surface area contributed by atoms with Crippen molar-refractivity contribution in [3.05, 3.63) is 83.4 Å². The first-order valence-electron chi connectivity index (χ1n) is 16.4. The monoisotopic (exact) mass is 660 g/mol. The van der Waals surface area contributed by atoms with Gasteiger partial charge in [0.05, 0.1) is 25.1 Å². The molecule has 1 heterocycles. The third-order valence-corrected chi connectivity index (χ3v) is 8.99. The Labute approximate surface area is 284 Å². The Kier molecular flexibility index (Phi) is 13.6. The molecule has 0 spiro atoms. The highest BCUT2D eigenvalue weighted by Crippen LogP contribution is 2.31. The summed E-state index contributed by atoms with van der Waals surface area (Å²) in [5, 5.41) is 12.5. The lowest BCUT2D eigenvalue weighted by molar-refractivity contribution is -0.133. The van der Waals surface area contributed by atoms with Gasteiger partial charge in [-0.15, -0.1) is 0 Å². The molecule has 0 saturated carbocycles. The molecule has 2 N–H and O–H groups in total. The van der Waals surface area contributed by atoms with E-state index >= 15 is 0 Å². The number of anilines is 2. The summed E-state index contributed by atoms with van der Waals surface area (Å²) in [5.41, 5.74) is 3.72. The number of thiocarbonyl (C=S) groups is 1. The van der Waals surface area contributed by atoms with Crippen LogP contribution in [0, 0.1) is 5.92 Å². The summed E-state index contributed by atoms with van der Waals surface area (Å²) in [4.78, 5) is 32.6. The van der Waals surface area contributed by atoms with Crippen molar-refractivity contribution < 1.29 is 24.2 Å². The number of hydrogen-bond donors (Lipinski definition) is 2. The maximum Gasteiger partial charge on any atom is 0.258 e. The number of carbonyl (C=O) groups excluding carboxylic acids is 2. The topological polar surface area (TPSA) is 94.6 Å². The predicted molar refractivity (Wildman–Crippen MR) is 192 cm³/mol. The van der Waals surface area contributed by atoms with Gasteiger partial charge in [0.2, 0.25) is 5.91 Å².